The van der Waals surface area contributed by atoms with E-state index in [1.54, 1.807) is 0 Å². The number of carbonyl (C=O) groups excluding carboxylic acids is 1. The first-order valence-electron chi connectivity index (χ1n) is 7.78. The third kappa shape index (κ3) is 5.11. The SMILES string of the molecule is CN(CCC1CCOCC1)C(=O)CCC1CCNC1. The molecule has 0 aromatic rings. The lowest BCUT2D eigenvalue weighted by Crippen LogP contribution is -2.30. The molecule has 2 aliphatic rings. The van der Waals surface area contributed by atoms with Gasteiger partial charge in [0.2, 0.25) is 5.91 Å². The molecule has 1 unspecified atom stereocenters. The topological polar surface area (TPSA) is 41.6 Å². The third-order valence-corrected chi connectivity index (χ3v) is 4.57. The molecule has 0 aliphatic carbocycles. The molecular weight excluding hydrogens is 240 g/mol. The molecule has 0 bridgehead atoms. The molecule has 1 atom stereocenters. The summed E-state index contributed by atoms with van der Waals surface area (Å²) in [5.41, 5.74) is 0. The predicted octanol–water partition coefficient (Wildman–Crippen LogP) is 1.65. The van der Waals surface area contributed by atoms with Gasteiger partial charge in [0, 0.05) is 33.2 Å². The molecule has 2 rings (SSSR count). The largest absolute Gasteiger partial charge is 0.381 e. The maximum Gasteiger partial charge on any atom is 0.222 e. The Kier molecular flexibility index (Phi) is 6.11. The van der Waals surface area contributed by atoms with Gasteiger partial charge in [-0.15, -0.1) is 0 Å². The van der Waals surface area contributed by atoms with Crippen molar-refractivity contribution >= 4 is 5.91 Å². The molecule has 1 amide bonds. The Balaban J connectivity index is 1.58. The first kappa shape index (κ1) is 14.8. The number of ether oxygens (including phenoxy) is 1. The van der Waals surface area contributed by atoms with Crippen molar-refractivity contribution in [3.63, 3.8) is 0 Å². The van der Waals surface area contributed by atoms with Crippen molar-refractivity contribution in [1.82, 2.24) is 10.2 Å². The molecule has 2 fully saturated rings. The minimum Gasteiger partial charge on any atom is -0.381 e. The zero-order valence-corrected chi connectivity index (χ0v) is 12.2. The average Bonchev–Trinajstić information content (AvgIpc) is 2.96. The number of hydrogen-bond donors (Lipinski definition) is 1. The van der Waals surface area contributed by atoms with E-state index in [1.165, 1.54) is 6.42 Å². The number of amides is 1. The van der Waals surface area contributed by atoms with Crippen LogP contribution in [0.1, 0.15) is 38.5 Å². The Morgan fingerprint density at radius 1 is 1.21 bits per heavy atom. The zero-order chi connectivity index (χ0) is 13.5. The minimum atomic E-state index is 0.318. The Labute approximate surface area is 116 Å². The quantitative estimate of drug-likeness (QED) is 0.796. The van der Waals surface area contributed by atoms with Crippen LogP contribution in [0, 0.1) is 11.8 Å². The summed E-state index contributed by atoms with van der Waals surface area (Å²) in [6.45, 7) is 4.93. The summed E-state index contributed by atoms with van der Waals surface area (Å²) >= 11 is 0. The van der Waals surface area contributed by atoms with Crippen LogP contribution in [0.5, 0.6) is 0 Å². The van der Waals surface area contributed by atoms with Crippen molar-refractivity contribution in [2.24, 2.45) is 11.8 Å². The molecule has 0 aromatic carbocycles. The van der Waals surface area contributed by atoms with Crippen LogP contribution in [0.4, 0.5) is 0 Å². The highest BCUT2D eigenvalue weighted by Crippen LogP contribution is 2.19. The van der Waals surface area contributed by atoms with Crippen LogP contribution in [-0.4, -0.2) is 50.7 Å². The molecule has 110 valence electrons. The molecule has 2 aliphatic heterocycles. The summed E-state index contributed by atoms with van der Waals surface area (Å²) in [5.74, 6) is 1.79. The predicted molar refractivity (Wildman–Crippen MR) is 76.0 cm³/mol. The van der Waals surface area contributed by atoms with Gasteiger partial charge in [-0.05, 0) is 57.0 Å². The van der Waals surface area contributed by atoms with Gasteiger partial charge in [0.1, 0.15) is 0 Å². The van der Waals surface area contributed by atoms with Gasteiger partial charge in [-0.2, -0.15) is 0 Å². The lowest BCUT2D eigenvalue weighted by atomic mass is 9.96. The van der Waals surface area contributed by atoms with Crippen molar-refractivity contribution < 1.29 is 9.53 Å². The van der Waals surface area contributed by atoms with Crippen LogP contribution >= 0.6 is 0 Å². The smallest absolute Gasteiger partial charge is 0.222 e. The van der Waals surface area contributed by atoms with E-state index in [-0.39, 0.29) is 0 Å². The average molecular weight is 268 g/mol. The fraction of sp³-hybridized carbons (Fsp3) is 0.933. The van der Waals surface area contributed by atoms with Crippen LogP contribution in [0.2, 0.25) is 0 Å². The Bertz CT molecular complexity index is 271. The molecule has 4 heteroatoms. The summed E-state index contributed by atoms with van der Waals surface area (Å²) in [7, 11) is 1.95. The van der Waals surface area contributed by atoms with Gasteiger partial charge in [-0.25, -0.2) is 0 Å². The van der Waals surface area contributed by atoms with Crippen LogP contribution in [0.15, 0.2) is 0 Å². The molecule has 1 N–H and O–H groups in total. The van der Waals surface area contributed by atoms with E-state index in [1.807, 2.05) is 11.9 Å². The van der Waals surface area contributed by atoms with E-state index in [0.29, 0.717) is 11.8 Å². The number of nitrogens with one attached hydrogen (secondary N) is 1. The van der Waals surface area contributed by atoms with Gasteiger partial charge in [0.05, 0.1) is 0 Å². The molecule has 0 aromatic heterocycles. The van der Waals surface area contributed by atoms with Crippen LogP contribution in [-0.2, 0) is 9.53 Å². The summed E-state index contributed by atoms with van der Waals surface area (Å²) in [5, 5.41) is 3.36. The highest BCUT2D eigenvalue weighted by Gasteiger charge is 2.19. The van der Waals surface area contributed by atoms with Crippen molar-refractivity contribution in [3.05, 3.63) is 0 Å². The lowest BCUT2D eigenvalue weighted by Gasteiger charge is -2.25. The first-order valence-corrected chi connectivity index (χ1v) is 7.78. The van der Waals surface area contributed by atoms with Gasteiger partial charge < -0.3 is 15.0 Å². The number of nitrogens with zero attached hydrogens (tertiary/aromatic N) is 1. The van der Waals surface area contributed by atoms with Crippen LogP contribution in [0.25, 0.3) is 0 Å². The van der Waals surface area contributed by atoms with Crippen molar-refractivity contribution in [2.45, 2.75) is 38.5 Å². The highest BCUT2D eigenvalue weighted by molar-refractivity contribution is 5.75. The highest BCUT2D eigenvalue weighted by atomic mass is 16.5. The molecular formula is C15H28N2O2. The van der Waals surface area contributed by atoms with Gasteiger partial charge in [-0.3, -0.25) is 4.79 Å². The summed E-state index contributed by atoms with van der Waals surface area (Å²) < 4.78 is 5.36. The van der Waals surface area contributed by atoms with Gasteiger partial charge >= 0.3 is 0 Å². The second-order valence-electron chi connectivity index (χ2n) is 6.06. The normalized spacial score (nSPS) is 24.6. The number of carbonyl (C=O) groups is 1. The van der Waals surface area contributed by atoms with E-state index < -0.39 is 0 Å². The number of hydrogen-bond acceptors (Lipinski definition) is 3. The third-order valence-electron chi connectivity index (χ3n) is 4.57. The van der Waals surface area contributed by atoms with Gasteiger partial charge in [0.25, 0.3) is 0 Å². The second-order valence-corrected chi connectivity index (χ2v) is 6.06. The summed E-state index contributed by atoms with van der Waals surface area (Å²) in [6.07, 6.45) is 6.46. The molecule has 0 spiro atoms. The lowest BCUT2D eigenvalue weighted by molar-refractivity contribution is -0.130. The Morgan fingerprint density at radius 3 is 2.68 bits per heavy atom. The van der Waals surface area contributed by atoms with Crippen LogP contribution in [0.3, 0.4) is 0 Å². The Hall–Kier alpha value is -0.610. The van der Waals surface area contributed by atoms with E-state index in [0.717, 1.165) is 70.9 Å². The van der Waals surface area contributed by atoms with Gasteiger partial charge in [0.15, 0.2) is 0 Å². The second kappa shape index (κ2) is 7.85. The number of rotatable bonds is 6. The molecule has 4 nitrogen and oxygen atoms in total. The first-order chi connectivity index (χ1) is 9.25. The standard InChI is InChI=1S/C15H28N2O2/c1-17(9-5-13-6-10-19-11-7-13)15(18)3-2-14-4-8-16-12-14/h13-14,16H,2-12H2,1H3. The maximum absolute atomic E-state index is 12.1. The fourth-order valence-corrected chi connectivity index (χ4v) is 3.02. The van der Waals surface area contributed by atoms with E-state index in [2.05, 4.69) is 5.32 Å². The summed E-state index contributed by atoms with van der Waals surface area (Å²) in [6, 6.07) is 0. The van der Waals surface area contributed by atoms with E-state index in [9.17, 15) is 4.79 Å². The molecule has 0 saturated carbocycles. The molecule has 2 heterocycles. The molecule has 2 saturated heterocycles. The van der Waals surface area contributed by atoms with Crippen LogP contribution < -0.4 is 5.32 Å². The summed E-state index contributed by atoms with van der Waals surface area (Å²) in [4.78, 5) is 14.0. The Morgan fingerprint density at radius 2 is 2.00 bits per heavy atom. The minimum absolute atomic E-state index is 0.318. The molecule has 19 heavy (non-hydrogen) atoms. The fourth-order valence-electron chi connectivity index (χ4n) is 3.02. The van der Waals surface area contributed by atoms with E-state index in [4.69, 9.17) is 4.74 Å². The van der Waals surface area contributed by atoms with E-state index >= 15 is 0 Å². The van der Waals surface area contributed by atoms with Gasteiger partial charge in [-0.1, -0.05) is 0 Å². The van der Waals surface area contributed by atoms with Crippen molar-refractivity contribution in [1.29, 1.82) is 0 Å². The van der Waals surface area contributed by atoms with Crippen molar-refractivity contribution in [3.8, 4) is 0 Å². The maximum atomic E-state index is 12.1. The molecule has 0 radical (unpaired) electrons. The van der Waals surface area contributed by atoms with Crippen molar-refractivity contribution in [2.75, 3.05) is 39.9 Å². The monoisotopic (exact) mass is 268 g/mol. The zero-order valence-electron chi connectivity index (χ0n) is 12.2.